The van der Waals surface area contributed by atoms with Gasteiger partial charge in [-0.15, -0.1) is 11.8 Å². The first-order valence-electron chi connectivity index (χ1n) is 10.6. The molecule has 0 aliphatic carbocycles. The summed E-state index contributed by atoms with van der Waals surface area (Å²) in [5.74, 6) is -1.05. The fourth-order valence-corrected chi connectivity index (χ4v) is 5.17. The van der Waals surface area contributed by atoms with Gasteiger partial charge in [0.1, 0.15) is 17.2 Å². The second-order valence-corrected chi connectivity index (χ2v) is 9.20. The molecule has 2 unspecified atom stereocenters. The first kappa shape index (κ1) is 20.5. The third kappa shape index (κ3) is 3.37. The van der Waals surface area contributed by atoms with E-state index < -0.39 is 11.6 Å². The van der Waals surface area contributed by atoms with Crippen LogP contribution in [0, 0.1) is 11.6 Å². The Morgan fingerprint density at radius 3 is 2.73 bits per heavy atom. The van der Waals surface area contributed by atoms with Crippen molar-refractivity contribution in [1.82, 2.24) is 29.0 Å². The summed E-state index contributed by atoms with van der Waals surface area (Å²) in [6.45, 7) is 1.15. The lowest BCUT2D eigenvalue weighted by Gasteiger charge is -2.31. The zero-order chi connectivity index (χ0) is 22.7. The molecule has 0 radical (unpaired) electrons. The van der Waals surface area contributed by atoms with E-state index in [1.165, 1.54) is 16.8 Å². The number of carbonyl (C=O) groups is 1. The van der Waals surface area contributed by atoms with Gasteiger partial charge in [0.05, 0.1) is 35.5 Å². The summed E-state index contributed by atoms with van der Waals surface area (Å²) in [4.78, 5) is 23.5. The van der Waals surface area contributed by atoms with Crippen molar-refractivity contribution in [2.75, 3.05) is 19.3 Å². The number of thioether (sulfide) groups is 1. The Kier molecular flexibility index (Phi) is 4.84. The molecule has 1 amide bonds. The van der Waals surface area contributed by atoms with Gasteiger partial charge in [0.15, 0.2) is 11.5 Å². The van der Waals surface area contributed by atoms with E-state index in [0.29, 0.717) is 41.4 Å². The molecule has 8 nitrogen and oxygen atoms in total. The zero-order valence-electron chi connectivity index (χ0n) is 17.7. The summed E-state index contributed by atoms with van der Waals surface area (Å²) in [6, 6.07) is 2.54. The number of amides is 1. The molecule has 6 rings (SSSR count). The van der Waals surface area contributed by atoms with Gasteiger partial charge in [-0.2, -0.15) is 5.10 Å². The van der Waals surface area contributed by atoms with E-state index in [-0.39, 0.29) is 23.8 Å². The van der Waals surface area contributed by atoms with Crippen LogP contribution in [0.2, 0.25) is 0 Å². The number of ether oxygens (including phenoxy) is 1. The van der Waals surface area contributed by atoms with Gasteiger partial charge in [0.2, 0.25) is 0 Å². The van der Waals surface area contributed by atoms with E-state index in [1.54, 1.807) is 28.7 Å². The summed E-state index contributed by atoms with van der Waals surface area (Å²) in [6.07, 6.45) is 8.34. The molecule has 4 aromatic rings. The van der Waals surface area contributed by atoms with Gasteiger partial charge in [-0.05, 0) is 25.2 Å². The number of hydrogen-bond donors (Lipinski definition) is 0. The lowest BCUT2D eigenvalue weighted by molar-refractivity contribution is -0.0305. The van der Waals surface area contributed by atoms with E-state index in [9.17, 15) is 13.6 Å². The second-order valence-electron chi connectivity index (χ2n) is 8.36. The minimum Gasteiger partial charge on any atom is -0.371 e. The van der Waals surface area contributed by atoms with Gasteiger partial charge < -0.3 is 9.64 Å². The average molecular weight is 471 g/mol. The summed E-state index contributed by atoms with van der Waals surface area (Å²) in [5, 5.41) is 5.36. The Morgan fingerprint density at radius 2 is 1.97 bits per heavy atom. The van der Waals surface area contributed by atoms with E-state index in [1.807, 2.05) is 11.2 Å². The van der Waals surface area contributed by atoms with E-state index >= 15 is 0 Å². The molecule has 2 fully saturated rings. The normalized spacial score (nSPS) is 20.3. The predicted octanol–water partition coefficient (Wildman–Crippen LogP) is 3.35. The fourth-order valence-electron chi connectivity index (χ4n) is 4.73. The molecular formula is C22H20F2N6O2S. The molecule has 2 saturated heterocycles. The fraction of sp³-hybridized carbons (Fsp3) is 0.364. The highest BCUT2D eigenvalue weighted by Crippen LogP contribution is 2.31. The highest BCUT2D eigenvalue weighted by molar-refractivity contribution is 7.97. The van der Waals surface area contributed by atoms with Crippen LogP contribution in [0.5, 0.6) is 0 Å². The maximum absolute atomic E-state index is 14.2. The lowest BCUT2D eigenvalue weighted by Crippen LogP contribution is -2.46. The number of rotatable bonds is 4. The third-order valence-electron chi connectivity index (χ3n) is 6.21. The molecule has 0 N–H and O–H groups in total. The number of halogens is 2. The van der Waals surface area contributed by atoms with E-state index in [2.05, 4.69) is 15.1 Å². The van der Waals surface area contributed by atoms with Gasteiger partial charge in [-0.25, -0.2) is 13.8 Å². The van der Waals surface area contributed by atoms with Crippen molar-refractivity contribution in [3.63, 3.8) is 0 Å². The molecule has 2 bridgehead atoms. The smallest absolute Gasteiger partial charge is 0.272 e. The Morgan fingerprint density at radius 1 is 1.18 bits per heavy atom. The van der Waals surface area contributed by atoms with Crippen molar-refractivity contribution in [2.24, 2.45) is 0 Å². The standard InChI is InChI=1S/C22H20F2N6O2S/c1-33-11-30-18-5-17(22(31)28-9-13-2-3-14(10-28)32-13)25-6-15(18)20(27-30)19-7-26-21-16(24)4-12(23)8-29(19)21/h4-8,13-14H,2-3,9-11H2,1H3. The third-order valence-corrected chi connectivity index (χ3v) is 6.71. The van der Waals surface area contributed by atoms with Crippen LogP contribution in [0.4, 0.5) is 8.78 Å². The lowest BCUT2D eigenvalue weighted by atomic mass is 10.2. The topological polar surface area (TPSA) is 77.6 Å². The van der Waals surface area contributed by atoms with E-state index in [4.69, 9.17) is 4.74 Å². The minimum atomic E-state index is -0.750. The summed E-state index contributed by atoms with van der Waals surface area (Å²) >= 11 is 1.57. The van der Waals surface area contributed by atoms with Crippen LogP contribution < -0.4 is 0 Å². The van der Waals surface area contributed by atoms with Crippen molar-refractivity contribution in [3.8, 4) is 11.4 Å². The number of pyridine rings is 2. The van der Waals surface area contributed by atoms with Crippen LogP contribution in [0.3, 0.4) is 0 Å². The summed E-state index contributed by atoms with van der Waals surface area (Å²) in [7, 11) is 0. The molecule has 4 aromatic heterocycles. The molecule has 170 valence electrons. The highest BCUT2D eigenvalue weighted by Gasteiger charge is 2.36. The van der Waals surface area contributed by atoms with Crippen LogP contribution in [0.1, 0.15) is 23.3 Å². The van der Waals surface area contributed by atoms with Gasteiger partial charge >= 0.3 is 0 Å². The Hall–Kier alpha value is -3.05. The molecular weight excluding hydrogens is 450 g/mol. The second kappa shape index (κ2) is 7.77. The Bertz CT molecular complexity index is 1390. The van der Waals surface area contributed by atoms with Crippen LogP contribution >= 0.6 is 11.8 Å². The SMILES string of the molecule is CSCn1nc(-c2cnc3c(F)cc(F)cn23)c2cnc(C(=O)N3CC4CCC(C3)O4)cc21. The first-order valence-corrected chi connectivity index (χ1v) is 12.0. The zero-order valence-corrected chi connectivity index (χ0v) is 18.6. The Balaban J connectivity index is 1.44. The molecule has 11 heteroatoms. The van der Waals surface area contributed by atoms with Crippen molar-refractivity contribution >= 4 is 34.2 Å². The van der Waals surface area contributed by atoms with E-state index in [0.717, 1.165) is 24.4 Å². The number of fused-ring (bicyclic) bond motifs is 4. The number of carbonyl (C=O) groups excluding carboxylic acids is 1. The largest absolute Gasteiger partial charge is 0.371 e. The van der Waals surface area contributed by atoms with Crippen molar-refractivity contribution < 1.29 is 18.3 Å². The average Bonchev–Trinajstić information content (AvgIpc) is 3.48. The number of nitrogens with zero attached hydrogens (tertiary/aromatic N) is 6. The van der Waals surface area contributed by atoms with Crippen LogP contribution in [-0.4, -0.2) is 66.5 Å². The molecule has 0 saturated carbocycles. The maximum Gasteiger partial charge on any atom is 0.272 e. The first-order chi connectivity index (χ1) is 16.0. The van der Waals surface area contributed by atoms with Crippen LogP contribution in [0.25, 0.3) is 27.9 Å². The molecule has 2 aliphatic heterocycles. The molecule has 2 atom stereocenters. The minimum absolute atomic E-state index is 0.0145. The highest BCUT2D eigenvalue weighted by atomic mass is 32.2. The number of aromatic nitrogens is 5. The number of likely N-dealkylation sites (tertiary alicyclic amines) is 1. The van der Waals surface area contributed by atoms with Crippen LogP contribution in [-0.2, 0) is 10.6 Å². The summed E-state index contributed by atoms with van der Waals surface area (Å²) in [5.41, 5.74) is 2.01. The molecule has 33 heavy (non-hydrogen) atoms. The Labute approximate surface area is 191 Å². The van der Waals surface area contributed by atoms with Crippen molar-refractivity contribution in [3.05, 3.63) is 48.1 Å². The number of hydrogen-bond acceptors (Lipinski definition) is 6. The predicted molar refractivity (Wildman–Crippen MR) is 119 cm³/mol. The molecule has 6 heterocycles. The van der Waals surface area contributed by atoms with Crippen LogP contribution in [0.15, 0.2) is 30.7 Å². The maximum atomic E-state index is 14.2. The van der Waals surface area contributed by atoms with Gasteiger partial charge in [0.25, 0.3) is 5.91 Å². The molecule has 0 spiro atoms. The van der Waals surface area contributed by atoms with Crippen molar-refractivity contribution in [2.45, 2.75) is 30.9 Å². The number of morpholine rings is 1. The van der Waals surface area contributed by atoms with Gasteiger partial charge in [0, 0.05) is 36.9 Å². The number of imidazole rings is 1. The van der Waals surface area contributed by atoms with Gasteiger partial charge in [-0.3, -0.25) is 18.9 Å². The monoisotopic (exact) mass is 470 g/mol. The van der Waals surface area contributed by atoms with Crippen molar-refractivity contribution in [1.29, 1.82) is 0 Å². The quantitative estimate of drug-likeness (QED) is 0.455. The van der Waals surface area contributed by atoms with Gasteiger partial charge in [-0.1, -0.05) is 0 Å². The molecule has 2 aliphatic rings. The summed E-state index contributed by atoms with van der Waals surface area (Å²) < 4.78 is 37.0. The molecule has 0 aromatic carbocycles.